The molecule has 3 atom stereocenters. The Labute approximate surface area is 184 Å². The van der Waals surface area contributed by atoms with Crippen LogP contribution in [0.2, 0.25) is 0 Å². The van der Waals surface area contributed by atoms with Gasteiger partial charge in [0.25, 0.3) is 5.91 Å². The first-order valence-corrected chi connectivity index (χ1v) is 13.2. The summed E-state index contributed by atoms with van der Waals surface area (Å²) < 4.78 is 0. The lowest BCUT2D eigenvalue weighted by Crippen LogP contribution is -2.44. The summed E-state index contributed by atoms with van der Waals surface area (Å²) in [6, 6.07) is 0. The van der Waals surface area contributed by atoms with Gasteiger partial charge in [0.05, 0.1) is 0 Å². The van der Waals surface area contributed by atoms with Gasteiger partial charge in [-0.1, -0.05) is 83.5 Å². The third-order valence-electron chi connectivity index (χ3n) is 8.98. The van der Waals surface area contributed by atoms with E-state index < -0.39 is 5.54 Å². The number of carbonyl (C=O) groups is 1. The Bertz CT molecular complexity index is 605. The van der Waals surface area contributed by atoms with Crippen molar-refractivity contribution in [2.45, 2.75) is 121 Å². The maximum atomic E-state index is 13.3. The smallest absolute Gasteiger partial charge is 0.257 e. The molecule has 4 rings (SSSR count). The summed E-state index contributed by atoms with van der Waals surface area (Å²) in [7, 11) is 1.82. The molecule has 3 saturated carbocycles. The maximum Gasteiger partial charge on any atom is 0.257 e. The highest BCUT2D eigenvalue weighted by Crippen LogP contribution is 2.43. The van der Waals surface area contributed by atoms with E-state index in [1.807, 2.05) is 7.05 Å². The Balaban J connectivity index is 1.38. The Morgan fingerprint density at radius 1 is 0.867 bits per heavy atom. The van der Waals surface area contributed by atoms with Crippen molar-refractivity contribution in [1.82, 2.24) is 4.90 Å². The predicted octanol–water partition coefficient (Wildman–Crippen LogP) is 6.04. The summed E-state index contributed by atoms with van der Waals surface area (Å²) in [5, 5.41) is 0. The molecule has 1 amide bonds. The van der Waals surface area contributed by atoms with Crippen LogP contribution in [0.25, 0.3) is 0 Å². The van der Waals surface area contributed by atoms with Crippen LogP contribution in [-0.4, -0.2) is 29.4 Å². The first-order chi connectivity index (χ1) is 14.6. The van der Waals surface area contributed by atoms with Gasteiger partial charge >= 0.3 is 0 Å². The van der Waals surface area contributed by atoms with Gasteiger partial charge in [-0.2, -0.15) is 0 Å². The number of nitrogens with two attached hydrogens (primary N) is 1. The molecule has 1 heterocycles. The molecule has 3 fully saturated rings. The second-order valence-electron chi connectivity index (χ2n) is 11.3. The molecule has 3 aliphatic carbocycles. The Morgan fingerprint density at radius 2 is 1.47 bits per heavy atom. The highest BCUT2D eigenvalue weighted by molar-refractivity contribution is 6.06. The number of aliphatic imine (C=N–C) groups is 1. The van der Waals surface area contributed by atoms with Gasteiger partial charge in [-0.05, 0) is 55.8 Å². The van der Waals surface area contributed by atoms with E-state index in [-0.39, 0.29) is 5.91 Å². The van der Waals surface area contributed by atoms with Gasteiger partial charge in [-0.3, -0.25) is 9.69 Å². The minimum atomic E-state index is -0.562. The maximum absolute atomic E-state index is 13.3. The molecule has 2 N–H and O–H groups in total. The van der Waals surface area contributed by atoms with Crippen LogP contribution in [0.5, 0.6) is 0 Å². The molecule has 0 radical (unpaired) electrons. The first-order valence-electron chi connectivity index (χ1n) is 13.2. The molecule has 4 heteroatoms. The third-order valence-corrected chi connectivity index (χ3v) is 8.98. The van der Waals surface area contributed by atoms with Gasteiger partial charge in [0.1, 0.15) is 5.54 Å². The van der Waals surface area contributed by atoms with Gasteiger partial charge in [0.2, 0.25) is 0 Å². The van der Waals surface area contributed by atoms with Crippen molar-refractivity contribution in [3.05, 3.63) is 0 Å². The lowest BCUT2D eigenvalue weighted by molar-refractivity contribution is -0.131. The van der Waals surface area contributed by atoms with Crippen LogP contribution >= 0.6 is 0 Å². The molecule has 1 aliphatic heterocycles. The molecule has 0 aromatic rings. The molecule has 0 saturated heterocycles. The fraction of sp³-hybridized carbons (Fsp3) is 0.923. The molecule has 4 nitrogen and oxygen atoms in total. The van der Waals surface area contributed by atoms with Crippen LogP contribution < -0.4 is 5.73 Å². The van der Waals surface area contributed by atoms with Gasteiger partial charge in [0.15, 0.2) is 5.96 Å². The van der Waals surface area contributed by atoms with Crippen molar-refractivity contribution < 1.29 is 4.79 Å². The Hall–Kier alpha value is -1.06. The largest absolute Gasteiger partial charge is 0.369 e. The fourth-order valence-corrected chi connectivity index (χ4v) is 7.25. The third kappa shape index (κ3) is 5.22. The first kappa shape index (κ1) is 22.1. The van der Waals surface area contributed by atoms with Crippen molar-refractivity contribution in [3.8, 4) is 0 Å². The molecule has 0 spiro atoms. The van der Waals surface area contributed by atoms with Crippen LogP contribution in [-0.2, 0) is 4.79 Å². The van der Waals surface area contributed by atoms with Crippen molar-refractivity contribution in [1.29, 1.82) is 0 Å². The van der Waals surface area contributed by atoms with E-state index in [1.54, 1.807) is 4.90 Å². The van der Waals surface area contributed by atoms with Gasteiger partial charge in [-0.15, -0.1) is 0 Å². The average Bonchev–Trinajstić information content (AvgIpc) is 2.98. The van der Waals surface area contributed by atoms with Crippen LogP contribution in [0.1, 0.15) is 116 Å². The van der Waals surface area contributed by atoms with Crippen LogP contribution in [0.15, 0.2) is 4.99 Å². The zero-order valence-electron chi connectivity index (χ0n) is 19.4. The van der Waals surface area contributed by atoms with E-state index in [0.29, 0.717) is 11.9 Å². The van der Waals surface area contributed by atoms with Gasteiger partial charge < -0.3 is 5.73 Å². The molecular formula is C26H45N3O. The van der Waals surface area contributed by atoms with E-state index in [1.165, 1.54) is 96.3 Å². The van der Waals surface area contributed by atoms with Gasteiger partial charge in [0, 0.05) is 7.05 Å². The van der Waals surface area contributed by atoms with Gasteiger partial charge in [-0.25, -0.2) is 4.99 Å². The summed E-state index contributed by atoms with van der Waals surface area (Å²) in [5.41, 5.74) is 5.60. The van der Waals surface area contributed by atoms with Crippen molar-refractivity contribution in [3.63, 3.8) is 0 Å². The molecule has 0 aromatic carbocycles. The summed E-state index contributed by atoms with van der Waals surface area (Å²) in [4.78, 5) is 19.8. The van der Waals surface area contributed by atoms with E-state index >= 15 is 0 Å². The zero-order valence-corrected chi connectivity index (χ0v) is 19.4. The van der Waals surface area contributed by atoms with Crippen molar-refractivity contribution in [2.75, 3.05) is 7.05 Å². The lowest BCUT2D eigenvalue weighted by Gasteiger charge is -2.37. The van der Waals surface area contributed by atoms with Crippen LogP contribution in [0.3, 0.4) is 0 Å². The highest BCUT2D eigenvalue weighted by atomic mass is 16.2. The standard InChI is InChI=1S/C26H45N3O/c1-29-24(30)26(28-25(29)27,16-15-20-9-4-2-5-10-20)19-23-14-8-13-22(18-23)17-21-11-6-3-7-12-21/h20-23H,2-19H2,1H3,(H2,27,28)/t22-,23+,26-/m1/s1. The molecule has 4 aliphatic rings. The second-order valence-corrected chi connectivity index (χ2v) is 11.3. The number of amides is 1. The summed E-state index contributed by atoms with van der Waals surface area (Å²) in [5.74, 6) is 3.89. The number of likely N-dealkylation sites (N-methyl/N-ethyl adjacent to an activating group) is 1. The predicted molar refractivity (Wildman–Crippen MR) is 124 cm³/mol. The van der Waals surface area contributed by atoms with Crippen molar-refractivity contribution in [2.24, 2.45) is 34.4 Å². The summed E-state index contributed by atoms with van der Waals surface area (Å²) in [6.07, 6.45) is 23.8. The molecule has 0 bridgehead atoms. The fourth-order valence-electron chi connectivity index (χ4n) is 7.25. The average molecular weight is 416 g/mol. The Morgan fingerprint density at radius 3 is 2.10 bits per heavy atom. The number of rotatable bonds is 7. The van der Waals surface area contributed by atoms with Crippen LogP contribution in [0, 0.1) is 23.7 Å². The Kier molecular flexibility index (Phi) is 7.41. The molecule has 0 aromatic heterocycles. The molecule has 0 unspecified atom stereocenters. The number of nitrogens with zero attached hydrogens (tertiary/aromatic N) is 2. The van der Waals surface area contributed by atoms with Crippen molar-refractivity contribution >= 4 is 11.9 Å². The normalized spacial score (nSPS) is 34.4. The number of hydrogen-bond acceptors (Lipinski definition) is 3. The summed E-state index contributed by atoms with van der Waals surface area (Å²) in [6.45, 7) is 0. The zero-order chi connectivity index (χ0) is 21.0. The highest BCUT2D eigenvalue weighted by Gasteiger charge is 2.48. The number of hydrogen-bond donors (Lipinski definition) is 1. The monoisotopic (exact) mass is 415 g/mol. The minimum Gasteiger partial charge on any atom is -0.369 e. The lowest BCUT2D eigenvalue weighted by atomic mass is 9.70. The van der Waals surface area contributed by atoms with Crippen LogP contribution in [0.4, 0.5) is 0 Å². The SMILES string of the molecule is CN1C(=O)[C@@](CCC2CCCCC2)(C[C@H]2CCC[C@H](CC3CCCCC3)C2)N=C1N. The summed E-state index contributed by atoms with van der Waals surface area (Å²) >= 11 is 0. The molecule has 30 heavy (non-hydrogen) atoms. The topological polar surface area (TPSA) is 58.7 Å². The van der Waals surface area contributed by atoms with E-state index in [9.17, 15) is 4.79 Å². The number of carbonyl (C=O) groups excluding carboxylic acids is 1. The van der Waals surface area contributed by atoms with E-state index in [0.717, 1.165) is 37.0 Å². The molecule has 170 valence electrons. The van der Waals surface area contributed by atoms with E-state index in [2.05, 4.69) is 0 Å². The van der Waals surface area contributed by atoms with E-state index in [4.69, 9.17) is 10.7 Å². The molecular weight excluding hydrogens is 370 g/mol. The second kappa shape index (κ2) is 10.0. The quantitative estimate of drug-likeness (QED) is 0.551. The minimum absolute atomic E-state index is 0.171. The number of guanidine groups is 1.